The molecule has 106 valence electrons. The van der Waals surface area contributed by atoms with Crippen LogP contribution in [0.3, 0.4) is 0 Å². The lowest BCUT2D eigenvalue weighted by Crippen LogP contribution is -2.06. The summed E-state index contributed by atoms with van der Waals surface area (Å²) in [4.78, 5) is 8.20. The largest absolute Gasteiger partial charge is 0.354 e. The molecule has 0 saturated carbocycles. The van der Waals surface area contributed by atoms with Gasteiger partial charge in [-0.1, -0.05) is 18.5 Å². The van der Waals surface area contributed by atoms with E-state index < -0.39 is 11.6 Å². The van der Waals surface area contributed by atoms with Crippen molar-refractivity contribution in [2.75, 3.05) is 17.2 Å². The zero-order chi connectivity index (χ0) is 14.5. The molecular formula is C13H13ClF2N4. The van der Waals surface area contributed by atoms with E-state index in [1.807, 2.05) is 6.92 Å². The second-order valence-electron chi connectivity index (χ2n) is 4.07. The quantitative estimate of drug-likeness (QED) is 0.877. The Bertz CT molecular complexity index is 607. The average Bonchev–Trinajstić information content (AvgIpc) is 2.44. The van der Waals surface area contributed by atoms with E-state index in [9.17, 15) is 8.78 Å². The number of benzene rings is 1. The molecule has 4 nitrogen and oxygen atoms in total. The van der Waals surface area contributed by atoms with Crippen molar-refractivity contribution in [1.82, 2.24) is 9.97 Å². The summed E-state index contributed by atoms with van der Waals surface area (Å²) in [6.07, 6.45) is 2.37. The average molecular weight is 299 g/mol. The molecule has 20 heavy (non-hydrogen) atoms. The second kappa shape index (κ2) is 6.47. The van der Waals surface area contributed by atoms with Gasteiger partial charge in [0.2, 0.25) is 5.95 Å². The summed E-state index contributed by atoms with van der Waals surface area (Å²) in [6, 6.07) is 3.46. The molecule has 0 saturated heterocycles. The maximum absolute atomic E-state index is 13.1. The third kappa shape index (κ3) is 3.54. The molecule has 0 aliphatic rings. The molecule has 0 fully saturated rings. The number of nitrogens with one attached hydrogen (secondary N) is 2. The van der Waals surface area contributed by atoms with E-state index in [-0.39, 0.29) is 5.02 Å². The van der Waals surface area contributed by atoms with E-state index in [1.165, 1.54) is 12.3 Å². The Kier molecular flexibility index (Phi) is 4.68. The Labute approximate surface area is 120 Å². The summed E-state index contributed by atoms with van der Waals surface area (Å²) in [5, 5.41) is 6.13. The van der Waals surface area contributed by atoms with Crippen LogP contribution in [0.1, 0.15) is 13.3 Å². The second-order valence-corrected chi connectivity index (χ2v) is 4.48. The molecule has 0 radical (unpaired) electrons. The third-order valence-corrected chi connectivity index (χ3v) is 2.74. The lowest BCUT2D eigenvalue weighted by atomic mass is 10.3. The molecule has 0 aliphatic heterocycles. The minimum Gasteiger partial charge on any atom is -0.354 e. The highest BCUT2D eigenvalue weighted by atomic mass is 35.5. The SMILES string of the molecule is CCCNc1ncc(Cl)c(Nc2ccc(F)c(F)c2)n1. The van der Waals surface area contributed by atoms with Crippen LogP contribution < -0.4 is 10.6 Å². The number of aromatic nitrogens is 2. The maximum atomic E-state index is 13.1. The van der Waals surface area contributed by atoms with Crippen LogP contribution in [0.4, 0.5) is 26.2 Å². The highest BCUT2D eigenvalue weighted by Gasteiger charge is 2.08. The fourth-order valence-electron chi connectivity index (χ4n) is 1.49. The lowest BCUT2D eigenvalue weighted by Gasteiger charge is -2.09. The first-order valence-electron chi connectivity index (χ1n) is 6.08. The van der Waals surface area contributed by atoms with Crippen molar-refractivity contribution in [3.8, 4) is 0 Å². The molecular weight excluding hydrogens is 286 g/mol. The van der Waals surface area contributed by atoms with Gasteiger partial charge in [0.25, 0.3) is 0 Å². The molecule has 2 aromatic rings. The van der Waals surface area contributed by atoms with E-state index in [0.717, 1.165) is 25.1 Å². The van der Waals surface area contributed by atoms with Gasteiger partial charge in [-0.05, 0) is 18.6 Å². The zero-order valence-corrected chi connectivity index (χ0v) is 11.5. The van der Waals surface area contributed by atoms with Crippen molar-refractivity contribution in [3.05, 3.63) is 41.1 Å². The molecule has 1 heterocycles. The van der Waals surface area contributed by atoms with Gasteiger partial charge in [0.15, 0.2) is 17.5 Å². The van der Waals surface area contributed by atoms with Crippen LogP contribution in [-0.4, -0.2) is 16.5 Å². The number of anilines is 3. The van der Waals surface area contributed by atoms with Gasteiger partial charge in [0.1, 0.15) is 5.02 Å². The molecule has 0 aliphatic carbocycles. The number of hydrogen-bond donors (Lipinski definition) is 2. The first kappa shape index (κ1) is 14.5. The maximum Gasteiger partial charge on any atom is 0.224 e. The molecule has 0 amide bonds. The normalized spacial score (nSPS) is 10.4. The van der Waals surface area contributed by atoms with Crippen LogP contribution in [0.5, 0.6) is 0 Å². The van der Waals surface area contributed by atoms with Crippen molar-refractivity contribution in [3.63, 3.8) is 0 Å². The van der Waals surface area contributed by atoms with Crippen molar-refractivity contribution < 1.29 is 8.78 Å². The predicted molar refractivity (Wildman–Crippen MR) is 75.5 cm³/mol. The van der Waals surface area contributed by atoms with Crippen molar-refractivity contribution in [2.45, 2.75) is 13.3 Å². The monoisotopic (exact) mass is 298 g/mol. The molecule has 2 N–H and O–H groups in total. The van der Waals surface area contributed by atoms with Crippen molar-refractivity contribution in [1.29, 1.82) is 0 Å². The standard InChI is InChI=1S/C13H13ClF2N4/c1-2-5-17-13-18-7-9(14)12(20-13)19-8-3-4-10(15)11(16)6-8/h3-4,6-7H,2,5H2,1H3,(H2,17,18,19,20). The molecule has 1 aromatic heterocycles. The van der Waals surface area contributed by atoms with Crippen molar-refractivity contribution >= 4 is 29.1 Å². The molecule has 2 rings (SSSR count). The van der Waals surface area contributed by atoms with Gasteiger partial charge in [0.05, 0.1) is 6.20 Å². The van der Waals surface area contributed by atoms with Gasteiger partial charge >= 0.3 is 0 Å². The topological polar surface area (TPSA) is 49.8 Å². The summed E-state index contributed by atoms with van der Waals surface area (Å²) < 4.78 is 26.0. The number of nitrogens with zero attached hydrogens (tertiary/aromatic N) is 2. The van der Waals surface area contributed by atoms with Crippen LogP contribution in [0, 0.1) is 11.6 Å². The predicted octanol–water partition coefficient (Wildman–Crippen LogP) is 3.97. The lowest BCUT2D eigenvalue weighted by molar-refractivity contribution is 0.509. The number of rotatable bonds is 5. The molecule has 7 heteroatoms. The van der Waals surface area contributed by atoms with Crippen LogP contribution in [0.2, 0.25) is 5.02 Å². The van der Waals surface area contributed by atoms with Crippen LogP contribution in [0.15, 0.2) is 24.4 Å². The minimum absolute atomic E-state index is 0.289. The van der Waals surface area contributed by atoms with Gasteiger partial charge < -0.3 is 10.6 Å². The van der Waals surface area contributed by atoms with Gasteiger partial charge in [-0.15, -0.1) is 0 Å². The Balaban J connectivity index is 2.20. The molecule has 1 aromatic carbocycles. The number of hydrogen-bond acceptors (Lipinski definition) is 4. The summed E-state index contributed by atoms with van der Waals surface area (Å²) >= 11 is 5.97. The number of halogens is 3. The summed E-state index contributed by atoms with van der Waals surface area (Å²) in [7, 11) is 0. The van der Waals surface area contributed by atoms with E-state index in [4.69, 9.17) is 11.6 Å². The Morgan fingerprint density at radius 2 is 2.05 bits per heavy atom. The zero-order valence-electron chi connectivity index (χ0n) is 10.8. The summed E-state index contributed by atoms with van der Waals surface area (Å²) in [6.45, 7) is 2.75. The summed E-state index contributed by atoms with van der Waals surface area (Å²) in [5.41, 5.74) is 0.353. The van der Waals surface area contributed by atoms with Gasteiger partial charge in [-0.2, -0.15) is 4.98 Å². The molecule has 0 bridgehead atoms. The fraction of sp³-hybridized carbons (Fsp3) is 0.231. The Hall–Kier alpha value is -1.95. The van der Waals surface area contributed by atoms with Gasteiger partial charge in [-0.3, -0.25) is 0 Å². The minimum atomic E-state index is -0.940. The van der Waals surface area contributed by atoms with Crippen molar-refractivity contribution in [2.24, 2.45) is 0 Å². The first-order chi connectivity index (χ1) is 9.60. The van der Waals surface area contributed by atoms with Crippen LogP contribution in [-0.2, 0) is 0 Å². The highest BCUT2D eigenvalue weighted by Crippen LogP contribution is 2.24. The van der Waals surface area contributed by atoms with E-state index in [0.29, 0.717) is 17.5 Å². The Morgan fingerprint density at radius 1 is 1.25 bits per heavy atom. The van der Waals surface area contributed by atoms with Crippen LogP contribution >= 0.6 is 11.6 Å². The fourth-order valence-corrected chi connectivity index (χ4v) is 1.63. The Morgan fingerprint density at radius 3 is 2.75 bits per heavy atom. The molecule has 0 atom stereocenters. The van der Waals surface area contributed by atoms with E-state index in [2.05, 4.69) is 20.6 Å². The van der Waals surface area contributed by atoms with E-state index >= 15 is 0 Å². The van der Waals surface area contributed by atoms with E-state index in [1.54, 1.807) is 0 Å². The summed E-state index contributed by atoms with van der Waals surface area (Å²) in [5.74, 6) is -1.10. The van der Waals surface area contributed by atoms with Gasteiger partial charge in [-0.25, -0.2) is 13.8 Å². The third-order valence-electron chi connectivity index (χ3n) is 2.46. The first-order valence-corrected chi connectivity index (χ1v) is 6.46. The smallest absolute Gasteiger partial charge is 0.224 e. The molecule has 0 spiro atoms. The molecule has 0 unspecified atom stereocenters. The highest BCUT2D eigenvalue weighted by molar-refractivity contribution is 6.32. The van der Waals surface area contributed by atoms with Gasteiger partial charge in [0, 0.05) is 18.3 Å². The van der Waals surface area contributed by atoms with Crippen LogP contribution in [0.25, 0.3) is 0 Å².